The Labute approximate surface area is 109 Å². The highest BCUT2D eigenvalue weighted by Crippen LogP contribution is 2.21. The van der Waals surface area contributed by atoms with Crippen LogP contribution in [0.25, 0.3) is 0 Å². The van der Waals surface area contributed by atoms with Crippen molar-refractivity contribution in [3.63, 3.8) is 0 Å². The molecule has 2 heteroatoms. The van der Waals surface area contributed by atoms with E-state index in [1.54, 1.807) is 0 Å². The number of aryl methyl sites for hydroxylation is 1. The number of benzene rings is 1. The van der Waals surface area contributed by atoms with Crippen LogP contribution in [-0.2, 0) is 19.3 Å². The molecule has 1 rings (SSSR count). The fraction of sp³-hybridized carbons (Fsp3) is 0.571. The molecule has 1 aromatic carbocycles. The average molecular weight is 259 g/mol. The minimum absolute atomic E-state index is 0.177. The summed E-state index contributed by atoms with van der Waals surface area (Å²) in [4.78, 5) is 0. The second kappa shape index (κ2) is 6.51. The highest BCUT2D eigenvalue weighted by Gasteiger charge is 2.11. The Morgan fingerprint density at radius 3 is 2.06 bits per heavy atom. The van der Waals surface area contributed by atoms with Crippen LogP contribution in [0.3, 0.4) is 0 Å². The van der Waals surface area contributed by atoms with Crippen LogP contribution in [0.1, 0.15) is 37.5 Å². The van der Waals surface area contributed by atoms with Gasteiger partial charge in [-0.15, -0.1) is 23.2 Å². The molecule has 0 bridgehead atoms. The molecule has 0 saturated heterocycles. The van der Waals surface area contributed by atoms with Crippen LogP contribution >= 0.6 is 23.2 Å². The zero-order chi connectivity index (χ0) is 12.1. The van der Waals surface area contributed by atoms with Gasteiger partial charge in [0.2, 0.25) is 0 Å². The predicted octanol–water partition coefficient (Wildman–Crippen LogP) is 4.59. The molecule has 0 radical (unpaired) electrons. The predicted molar refractivity (Wildman–Crippen MR) is 73.9 cm³/mol. The van der Waals surface area contributed by atoms with Gasteiger partial charge in [0.05, 0.1) is 0 Å². The maximum Gasteiger partial charge on any atom is 0.0348 e. The standard InChI is InChI=1S/C14H20Cl2/c1-4-12-6-5-7-13(8-10(2)15)14(12)9-11(3)16/h5-7,10-11H,4,8-9H2,1-3H3. The van der Waals surface area contributed by atoms with Crippen LogP contribution in [-0.4, -0.2) is 10.8 Å². The molecule has 2 atom stereocenters. The zero-order valence-electron chi connectivity index (χ0n) is 10.3. The summed E-state index contributed by atoms with van der Waals surface area (Å²) >= 11 is 12.2. The Balaban J connectivity index is 3.04. The van der Waals surface area contributed by atoms with Crippen molar-refractivity contribution in [2.45, 2.75) is 50.8 Å². The minimum atomic E-state index is 0.177. The number of alkyl halides is 2. The quantitative estimate of drug-likeness (QED) is 0.678. The normalized spacial score (nSPS) is 14.8. The van der Waals surface area contributed by atoms with Crippen LogP contribution in [0, 0.1) is 0 Å². The highest BCUT2D eigenvalue weighted by atomic mass is 35.5. The summed E-state index contributed by atoms with van der Waals surface area (Å²) in [5, 5.41) is 0.355. The maximum absolute atomic E-state index is 6.12. The molecule has 90 valence electrons. The summed E-state index contributed by atoms with van der Waals surface area (Å²) in [5.74, 6) is 0. The van der Waals surface area contributed by atoms with Gasteiger partial charge in [-0.25, -0.2) is 0 Å². The van der Waals surface area contributed by atoms with E-state index < -0.39 is 0 Å². The molecule has 0 spiro atoms. The van der Waals surface area contributed by atoms with Gasteiger partial charge in [-0.05, 0) is 49.8 Å². The molecule has 0 amide bonds. The van der Waals surface area contributed by atoms with Gasteiger partial charge in [0.15, 0.2) is 0 Å². The third kappa shape index (κ3) is 3.99. The molecular formula is C14H20Cl2. The van der Waals surface area contributed by atoms with E-state index in [1.807, 2.05) is 13.8 Å². The SMILES string of the molecule is CCc1cccc(CC(C)Cl)c1CC(C)Cl. The largest absolute Gasteiger partial charge is 0.123 e. The smallest absolute Gasteiger partial charge is 0.0348 e. The lowest BCUT2D eigenvalue weighted by molar-refractivity contribution is 0.853. The van der Waals surface area contributed by atoms with E-state index in [4.69, 9.17) is 23.2 Å². The van der Waals surface area contributed by atoms with Crippen molar-refractivity contribution in [3.8, 4) is 0 Å². The molecule has 0 N–H and O–H groups in total. The first-order valence-corrected chi connectivity index (χ1v) is 6.79. The Morgan fingerprint density at radius 2 is 1.56 bits per heavy atom. The third-order valence-electron chi connectivity index (χ3n) is 2.74. The van der Waals surface area contributed by atoms with Crippen LogP contribution in [0.4, 0.5) is 0 Å². The summed E-state index contributed by atoms with van der Waals surface area (Å²) in [6.07, 6.45) is 2.92. The van der Waals surface area contributed by atoms with E-state index in [0.717, 1.165) is 19.3 Å². The fourth-order valence-corrected chi connectivity index (χ4v) is 2.38. The zero-order valence-corrected chi connectivity index (χ0v) is 11.8. The molecule has 2 unspecified atom stereocenters. The molecule has 0 saturated carbocycles. The Morgan fingerprint density at radius 1 is 1.00 bits per heavy atom. The second-order valence-electron chi connectivity index (χ2n) is 4.38. The molecule has 16 heavy (non-hydrogen) atoms. The van der Waals surface area contributed by atoms with E-state index in [1.165, 1.54) is 16.7 Å². The number of hydrogen-bond acceptors (Lipinski definition) is 0. The molecular weight excluding hydrogens is 239 g/mol. The number of rotatable bonds is 5. The number of halogens is 2. The topological polar surface area (TPSA) is 0 Å². The molecule has 0 heterocycles. The van der Waals surface area contributed by atoms with E-state index >= 15 is 0 Å². The first-order valence-electron chi connectivity index (χ1n) is 5.92. The first-order chi connectivity index (χ1) is 7.54. The lowest BCUT2D eigenvalue weighted by Gasteiger charge is -2.16. The Bertz CT molecular complexity index is 330. The molecule has 0 aliphatic heterocycles. The van der Waals surface area contributed by atoms with Gasteiger partial charge >= 0.3 is 0 Å². The summed E-state index contributed by atoms with van der Waals surface area (Å²) in [5.41, 5.74) is 4.16. The van der Waals surface area contributed by atoms with Crippen molar-refractivity contribution in [2.24, 2.45) is 0 Å². The van der Waals surface area contributed by atoms with E-state index in [0.29, 0.717) is 0 Å². The van der Waals surface area contributed by atoms with Crippen molar-refractivity contribution in [2.75, 3.05) is 0 Å². The Hall–Kier alpha value is -0.200. The van der Waals surface area contributed by atoms with Crippen molar-refractivity contribution in [1.82, 2.24) is 0 Å². The lowest BCUT2D eigenvalue weighted by atomic mass is 9.93. The van der Waals surface area contributed by atoms with Crippen LogP contribution in [0.2, 0.25) is 0 Å². The second-order valence-corrected chi connectivity index (χ2v) is 5.87. The third-order valence-corrected chi connectivity index (χ3v) is 3.05. The molecule has 1 aromatic rings. The Kier molecular flexibility index (Phi) is 5.64. The average Bonchev–Trinajstić information content (AvgIpc) is 2.19. The van der Waals surface area contributed by atoms with Crippen molar-refractivity contribution >= 4 is 23.2 Å². The van der Waals surface area contributed by atoms with E-state index in [-0.39, 0.29) is 10.8 Å². The summed E-state index contributed by atoms with van der Waals surface area (Å²) in [7, 11) is 0. The lowest BCUT2D eigenvalue weighted by Crippen LogP contribution is -2.08. The van der Waals surface area contributed by atoms with Gasteiger partial charge in [0, 0.05) is 10.8 Å². The summed E-state index contributed by atoms with van der Waals surface area (Å²) in [6.45, 7) is 6.27. The fourth-order valence-electron chi connectivity index (χ4n) is 2.06. The van der Waals surface area contributed by atoms with Gasteiger partial charge in [0.25, 0.3) is 0 Å². The van der Waals surface area contributed by atoms with E-state index in [9.17, 15) is 0 Å². The molecule has 0 fully saturated rings. The van der Waals surface area contributed by atoms with Crippen LogP contribution < -0.4 is 0 Å². The first kappa shape index (κ1) is 13.9. The molecule has 0 aliphatic carbocycles. The number of hydrogen-bond donors (Lipinski definition) is 0. The van der Waals surface area contributed by atoms with Gasteiger partial charge in [-0.2, -0.15) is 0 Å². The van der Waals surface area contributed by atoms with Gasteiger partial charge < -0.3 is 0 Å². The molecule has 0 aromatic heterocycles. The van der Waals surface area contributed by atoms with E-state index in [2.05, 4.69) is 25.1 Å². The molecule has 0 nitrogen and oxygen atoms in total. The highest BCUT2D eigenvalue weighted by molar-refractivity contribution is 6.20. The van der Waals surface area contributed by atoms with Crippen molar-refractivity contribution in [3.05, 3.63) is 34.9 Å². The summed E-state index contributed by atoms with van der Waals surface area (Å²) in [6, 6.07) is 6.49. The van der Waals surface area contributed by atoms with Crippen molar-refractivity contribution < 1.29 is 0 Å². The monoisotopic (exact) mass is 258 g/mol. The summed E-state index contributed by atoms with van der Waals surface area (Å²) < 4.78 is 0. The maximum atomic E-state index is 6.12. The van der Waals surface area contributed by atoms with Gasteiger partial charge in [-0.3, -0.25) is 0 Å². The van der Waals surface area contributed by atoms with Crippen LogP contribution in [0.5, 0.6) is 0 Å². The van der Waals surface area contributed by atoms with Crippen molar-refractivity contribution in [1.29, 1.82) is 0 Å². The van der Waals surface area contributed by atoms with Crippen LogP contribution in [0.15, 0.2) is 18.2 Å². The minimum Gasteiger partial charge on any atom is -0.123 e. The van der Waals surface area contributed by atoms with Gasteiger partial charge in [0.1, 0.15) is 0 Å². The molecule has 0 aliphatic rings. The van der Waals surface area contributed by atoms with Gasteiger partial charge in [-0.1, -0.05) is 25.1 Å².